The molecule has 1 aromatic heterocycles. The highest BCUT2D eigenvalue weighted by Crippen LogP contribution is 2.40. The van der Waals surface area contributed by atoms with E-state index in [1.807, 2.05) is 24.3 Å². The Balaban J connectivity index is 2.18. The number of nitrogens with zero attached hydrogens (tertiary/aromatic N) is 1. The third-order valence-corrected chi connectivity index (χ3v) is 4.20. The molecule has 112 valence electrons. The van der Waals surface area contributed by atoms with E-state index in [4.69, 9.17) is 0 Å². The number of aromatic nitrogens is 1. The fourth-order valence-electron chi connectivity index (χ4n) is 3.23. The summed E-state index contributed by atoms with van der Waals surface area (Å²) in [5.41, 5.74) is 3.46. The second-order valence-corrected chi connectivity index (χ2v) is 5.46. The maximum Gasteiger partial charge on any atom is 0.337 e. The Hall–Kier alpha value is -3.21. The fourth-order valence-corrected chi connectivity index (χ4v) is 3.23. The molecule has 0 radical (unpaired) electrons. The van der Waals surface area contributed by atoms with Gasteiger partial charge in [-0.15, -0.1) is 0 Å². The lowest BCUT2D eigenvalue weighted by Gasteiger charge is -2.10. The van der Waals surface area contributed by atoms with Gasteiger partial charge in [0.15, 0.2) is 0 Å². The van der Waals surface area contributed by atoms with E-state index < -0.39 is 11.9 Å². The normalized spacial score (nSPS) is 12.0. The van der Waals surface area contributed by atoms with Gasteiger partial charge in [-0.3, -0.25) is 0 Å². The first-order valence-corrected chi connectivity index (χ1v) is 7.08. The van der Waals surface area contributed by atoms with E-state index in [1.54, 1.807) is 12.1 Å². The lowest BCUT2D eigenvalue weighted by molar-refractivity contribution is 0.0685. The number of carboxylic acids is 2. The van der Waals surface area contributed by atoms with Crippen LogP contribution in [0.2, 0.25) is 0 Å². The predicted octanol–water partition coefficient (Wildman–Crippen LogP) is 3.20. The number of fused-ring (bicyclic) bond motifs is 4. The summed E-state index contributed by atoms with van der Waals surface area (Å²) >= 11 is 0. The molecular weight excluding hydrogens is 294 g/mol. The van der Waals surface area contributed by atoms with E-state index in [0.29, 0.717) is 23.1 Å². The zero-order chi connectivity index (χ0) is 16.1. The van der Waals surface area contributed by atoms with E-state index in [9.17, 15) is 19.8 Å². The third kappa shape index (κ3) is 1.83. The van der Waals surface area contributed by atoms with Crippen LogP contribution >= 0.6 is 0 Å². The Morgan fingerprint density at radius 1 is 0.957 bits per heavy atom. The minimum absolute atomic E-state index is 0.0113. The number of para-hydroxylation sites is 1. The molecule has 0 saturated carbocycles. The molecule has 0 saturated heterocycles. The van der Waals surface area contributed by atoms with Gasteiger partial charge in [0.2, 0.25) is 0 Å². The number of hydrogen-bond acceptors (Lipinski definition) is 3. The molecule has 0 atom stereocenters. The molecule has 23 heavy (non-hydrogen) atoms. The van der Waals surface area contributed by atoms with Gasteiger partial charge in [0, 0.05) is 17.4 Å². The predicted molar refractivity (Wildman–Crippen MR) is 83.9 cm³/mol. The van der Waals surface area contributed by atoms with Crippen molar-refractivity contribution in [3.05, 3.63) is 64.7 Å². The van der Waals surface area contributed by atoms with Gasteiger partial charge in [-0.2, -0.15) is 0 Å². The van der Waals surface area contributed by atoms with E-state index in [1.165, 1.54) is 6.07 Å². The van der Waals surface area contributed by atoms with Crippen molar-refractivity contribution in [3.8, 4) is 11.3 Å². The number of rotatable bonds is 2. The average molecular weight is 305 g/mol. The number of pyridine rings is 1. The molecular formula is C18H11NO4. The van der Waals surface area contributed by atoms with Crippen molar-refractivity contribution in [1.29, 1.82) is 0 Å². The highest BCUT2D eigenvalue weighted by atomic mass is 16.4. The summed E-state index contributed by atoms with van der Waals surface area (Å²) in [4.78, 5) is 27.8. The van der Waals surface area contributed by atoms with Gasteiger partial charge in [0.1, 0.15) is 0 Å². The van der Waals surface area contributed by atoms with Crippen LogP contribution in [-0.4, -0.2) is 27.1 Å². The first-order chi connectivity index (χ1) is 11.1. The van der Waals surface area contributed by atoms with Crippen LogP contribution in [0.25, 0.3) is 22.2 Å². The highest BCUT2D eigenvalue weighted by Gasteiger charge is 2.28. The Morgan fingerprint density at radius 3 is 2.48 bits per heavy atom. The maximum absolute atomic E-state index is 11.8. The standard InChI is InChI=1S/C18H11NO4/c20-17(21)12-7-3-6-11-14(18(22)23)13-8-9-4-1-2-5-10(9)15(13)19-16(11)12/h1-7H,8H2,(H,20,21)(H,22,23). The molecule has 2 N–H and O–H groups in total. The molecule has 5 nitrogen and oxygen atoms in total. The van der Waals surface area contributed by atoms with Crippen LogP contribution < -0.4 is 0 Å². The van der Waals surface area contributed by atoms with Gasteiger partial charge < -0.3 is 10.2 Å². The molecule has 1 aliphatic rings. The molecule has 0 unspecified atom stereocenters. The summed E-state index contributed by atoms with van der Waals surface area (Å²) in [7, 11) is 0. The van der Waals surface area contributed by atoms with Crippen LogP contribution in [0.5, 0.6) is 0 Å². The highest BCUT2D eigenvalue weighted by molar-refractivity contribution is 6.11. The zero-order valence-corrected chi connectivity index (χ0v) is 11.9. The SMILES string of the molecule is O=C(O)c1c2c(nc3c(C(=O)O)cccc13)-c1ccccc1C2. The Bertz CT molecular complexity index is 1010. The number of hydrogen-bond donors (Lipinski definition) is 2. The molecule has 1 aliphatic carbocycles. The van der Waals surface area contributed by atoms with Gasteiger partial charge in [-0.25, -0.2) is 14.6 Å². The van der Waals surface area contributed by atoms with Crippen LogP contribution in [-0.2, 0) is 6.42 Å². The zero-order valence-electron chi connectivity index (χ0n) is 11.9. The molecule has 0 amide bonds. The summed E-state index contributed by atoms with van der Waals surface area (Å²) in [6, 6.07) is 12.2. The van der Waals surface area contributed by atoms with Gasteiger partial charge >= 0.3 is 11.9 Å². The summed E-state index contributed by atoms with van der Waals surface area (Å²) in [6.45, 7) is 0. The Morgan fingerprint density at radius 2 is 1.74 bits per heavy atom. The maximum atomic E-state index is 11.8. The van der Waals surface area contributed by atoms with Gasteiger partial charge in [0.25, 0.3) is 0 Å². The van der Waals surface area contributed by atoms with Crippen LogP contribution in [0.3, 0.4) is 0 Å². The quantitative estimate of drug-likeness (QED) is 0.594. The van der Waals surface area contributed by atoms with Crippen molar-refractivity contribution in [2.75, 3.05) is 0 Å². The molecule has 1 heterocycles. The Labute approximate surface area is 130 Å². The van der Waals surface area contributed by atoms with E-state index >= 15 is 0 Å². The number of aromatic carboxylic acids is 2. The molecule has 0 fully saturated rings. The smallest absolute Gasteiger partial charge is 0.337 e. The summed E-state index contributed by atoms with van der Waals surface area (Å²) in [5, 5.41) is 19.4. The largest absolute Gasteiger partial charge is 0.478 e. The lowest BCUT2D eigenvalue weighted by Crippen LogP contribution is -2.07. The summed E-state index contributed by atoms with van der Waals surface area (Å²) < 4.78 is 0. The van der Waals surface area contributed by atoms with Crippen molar-refractivity contribution >= 4 is 22.8 Å². The minimum atomic E-state index is -1.12. The first-order valence-electron chi connectivity index (χ1n) is 7.08. The van der Waals surface area contributed by atoms with Gasteiger partial charge in [0.05, 0.1) is 22.3 Å². The number of carbonyl (C=O) groups is 2. The van der Waals surface area contributed by atoms with Gasteiger partial charge in [-0.1, -0.05) is 36.4 Å². The second-order valence-electron chi connectivity index (χ2n) is 5.46. The average Bonchev–Trinajstić information content (AvgIpc) is 2.89. The molecule has 0 aliphatic heterocycles. The first kappa shape index (κ1) is 13.5. The van der Waals surface area contributed by atoms with Crippen molar-refractivity contribution in [2.24, 2.45) is 0 Å². The van der Waals surface area contributed by atoms with E-state index in [-0.39, 0.29) is 16.6 Å². The van der Waals surface area contributed by atoms with Crippen LogP contribution in [0.1, 0.15) is 31.8 Å². The fraction of sp³-hybridized carbons (Fsp3) is 0.0556. The number of carboxylic acid groups (broad SMARTS) is 2. The van der Waals surface area contributed by atoms with E-state index in [2.05, 4.69) is 4.98 Å². The van der Waals surface area contributed by atoms with Crippen LogP contribution in [0, 0.1) is 0 Å². The number of benzene rings is 2. The van der Waals surface area contributed by atoms with Crippen molar-refractivity contribution in [1.82, 2.24) is 4.98 Å². The minimum Gasteiger partial charge on any atom is -0.478 e. The van der Waals surface area contributed by atoms with Crippen molar-refractivity contribution < 1.29 is 19.8 Å². The molecule has 3 aromatic rings. The van der Waals surface area contributed by atoms with Crippen LogP contribution in [0.15, 0.2) is 42.5 Å². The lowest BCUT2D eigenvalue weighted by atomic mass is 9.98. The van der Waals surface area contributed by atoms with E-state index in [0.717, 1.165) is 11.1 Å². The van der Waals surface area contributed by atoms with Crippen molar-refractivity contribution in [3.63, 3.8) is 0 Å². The third-order valence-electron chi connectivity index (χ3n) is 4.20. The molecule has 0 bridgehead atoms. The molecule has 4 rings (SSSR count). The van der Waals surface area contributed by atoms with Gasteiger partial charge in [-0.05, 0) is 17.2 Å². The molecule has 2 aromatic carbocycles. The summed E-state index contributed by atoms with van der Waals surface area (Å²) in [5.74, 6) is -2.19. The topological polar surface area (TPSA) is 87.5 Å². The monoisotopic (exact) mass is 305 g/mol. The summed E-state index contributed by atoms with van der Waals surface area (Å²) in [6.07, 6.45) is 0.493. The molecule has 0 spiro atoms. The Kier molecular flexibility index (Phi) is 2.72. The molecule has 5 heteroatoms. The second kappa shape index (κ2) is 4.64. The van der Waals surface area contributed by atoms with Crippen molar-refractivity contribution in [2.45, 2.75) is 6.42 Å². The van der Waals surface area contributed by atoms with Crippen LogP contribution in [0.4, 0.5) is 0 Å².